The molecule has 12 heteroatoms. The molecule has 0 fully saturated rings. The smallest absolute Gasteiger partial charge is 0.242 e. The summed E-state index contributed by atoms with van der Waals surface area (Å²) in [5.41, 5.74) is 4.95. The number of thioether (sulfide) groups is 1. The van der Waals surface area contributed by atoms with E-state index in [9.17, 15) is 14.4 Å². The topological polar surface area (TPSA) is 133 Å². The summed E-state index contributed by atoms with van der Waals surface area (Å²) in [6, 6.07) is 13.8. The zero-order valence-corrected chi connectivity index (χ0v) is 28.2. The molecule has 3 N–H and O–H groups in total. The van der Waals surface area contributed by atoms with E-state index < -0.39 is 12.1 Å². The maximum atomic E-state index is 13.9. The third-order valence-electron chi connectivity index (χ3n) is 8.35. The number of carbonyl (C=O) groups excluding carboxylic acids is 2. The molecular weight excluding hydrogens is 618 g/mol. The van der Waals surface area contributed by atoms with Crippen molar-refractivity contribution in [1.82, 2.24) is 20.2 Å². The van der Waals surface area contributed by atoms with Crippen molar-refractivity contribution in [3.63, 3.8) is 0 Å². The fraction of sp³-hybridized carbons (Fsp3) is 0.371. The number of aryl methyl sites for hydroxylation is 1. The highest BCUT2D eigenvalue weighted by molar-refractivity contribution is 7.98. The molecule has 2 atom stereocenters. The van der Waals surface area contributed by atoms with Crippen molar-refractivity contribution < 1.29 is 23.8 Å². The average Bonchev–Trinajstić information content (AvgIpc) is 3.34. The van der Waals surface area contributed by atoms with E-state index in [0.717, 1.165) is 33.5 Å². The summed E-state index contributed by atoms with van der Waals surface area (Å²) < 4.78 is 19.2. The summed E-state index contributed by atoms with van der Waals surface area (Å²) in [7, 11) is 4.68. The summed E-state index contributed by atoms with van der Waals surface area (Å²) in [6.07, 6.45) is 5.41. The molecule has 0 saturated carbocycles. The highest BCUT2D eigenvalue weighted by atomic mass is 32.2. The van der Waals surface area contributed by atoms with Gasteiger partial charge in [0.05, 0.1) is 50.4 Å². The van der Waals surface area contributed by atoms with Crippen LogP contribution in [0, 0.1) is 0 Å². The van der Waals surface area contributed by atoms with Crippen molar-refractivity contribution in [2.45, 2.75) is 44.8 Å². The van der Waals surface area contributed by atoms with E-state index in [0.29, 0.717) is 55.2 Å². The predicted octanol–water partition coefficient (Wildman–Crippen LogP) is 4.56. The molecule has 1 aliphatic carbocycles. The quantitative estimate of drug-likeness (QED) is 0.189. The first-order valence-corrected chi connectivity index (χ1v) is 16.9. The third kappa shape index (κ3) is 7.32. The Kier molecular flexibility index (Phi) is 10.9. The number of rotatable bonds is 13. The molecule has 3 aromatic carbocycles. The highest BCUT2D eigenvalue weighted by Crippen LogP contribution is 2.50. The third-order valence-corrected chi connectivity index (χ3v) is 9.00. The van der Waals surface area contributed by atoms with Gasteiger partial charge in [0.15, 0.2) is 11.5 Å². The second-order valence-corrected chi connectivity index (χ2v) is 12.3. The highest BCUT2D eigenvalue weighted by Gasteiger charge is 2.30. The molecule has 5 rings (SSSR count). The van der Waals surface area contributed by atoms with Crippen molar-refractivity contribution in [3.05, 3.63) is 76.2 Å². The van der Waals surface area contributed by atoms with E-state index in [1.807, 2.05) is 47.2 Å². The second-order valence-electron chi connectivity index (χ2n) is 11.3. The van der Waals surface area contributed by atoms with Crippen LogP contribution in [0.5, 0.6) is 17.2 Å². The zero-order chi connectivity index (χ0) is 33.5. The molecule has 1 aliphatic rings. The van der Waals surface area contributed by atoms with Crippen molar-refractivity contribution in [2.75, 3.05) is 45.2 Å². The molecule has 0 aliphatic heterocycles. The SMILES string of the molecule is COc1cc2c(c(OC)c1OC)-c1ccc(NC(CCSC)C(=O)NCCn3cnc4ccccc43)c(=O)cc1C(NC(C)=O)CC2. The van der Waals surface area contributed by atoms with Gasteiger partial charge < -0.3 is 34.7 Å². The van der Waals surface area contributed by atoms with Crippen LogP contribution >= 0.6 is 11.8 Å². The van der Waals surface area contributed by atoms with Gasteiger partial charge in [-0.05, 0) is 78.3 Å². The van der Waals surface area contributed by atoms with Crippen LogP contribution in [0.3, 0.4) is 0 Å². The van der Waals surface area contributed by atoms with Gasteiger partial charge in [-0.15, -0.1) is 0 Å². The van der Waals surface area contributed by atoms with Crippen LogP contribution in [0.2, 0.25) is 0 Å². The number of aromatic nitrogens is 2. The van der Waals surface area contributed by atoms with Crippen molar-refractivity contribution in [2.24, 2.45) is 0 Å². The monoisotopic (exact) mass is 659 g/mol. The van der Waals surface area contributed by atoms with Gasteiger partial charge in [-0.25, -0.2) is 4.98 Å². The lowest BCUT2D eigenvalue weighted by Gasteiger charge is -2.19. The summed E-state index contributed by atoms with van der Waals surface area (Å²) in [5.74, 6) is 1.75. The van der Waals surface area contributed by atoms with Gasteiger partial charge in [-0.1, -0.05) is 18.2 Å². The number of benzene rings is 2. The molecule has 47 heavy (non-hydrogen) atoms. The number of anilines is 1. The molecule has 248 valence electrons. The minimum atomic E-state index is -0.644. The van der Waals surface area contributed by atoms with Crippen LogP contribution in [-0.2, 0) is 22.6 Å². The number of nitrogens with zero attached hydrogens (tertiary/aromatic N) is 2. The molecule has 0 spiro atoms. The Morgan fingerprint density at radius 3 is 2.57 bits per heavy atom. The summed E-state index contributed by atoms with van der Waals surface area (Å²) in [6.45, 7) is 2.42. The van der Waals surface area contributed by atoms with E-state index >= 15 is 0 Å². The van der Waals surface area contributed by atoms with Gasteiger partial charge in [0.2, 0.25) is 23.0 Å². The lowest BCUT2D eigenvalue weighted by molar-refractivity contribution is -0.122. The fourth-order valence-electron chi connectivity index (χ4n) is 6.13. The first-order valence-electron chi connectivity index (χ1n) is 15.5. The Morgan fingerprint density at radius 2 is 1.85 bits per heavy atom. The molecule has 0 bridgehead atoms. The first kappa shape index (κ1) is 33.6. The first-order chi connectivity index (χ1) is 22.8. The number of ether oxygens (including phenoxy) is 3. The molecule has 4 aromatic rings. The number of hydrogen-bond acceptors (Lipinski definition) is 9. The van der Waals surface area contributed by atoms with Crippen LogP contribution in [0.1, 0.15) is 36.9 Å². The van der Waals surface area contributed by atoms with Gasteiger partial charge >= 0.3 is 0 Å². The maximum Gasteiger partial charge on any atom is 0.242 e. The molecule has 0 radical (unpaired) electrons. The predicted molar refractivity (Wildman–Crippen MR) is 186 cm³/mol. The summed E-state index contributed by atoms with van der Waals surface area (Å²) >= 11 is 1.63. The number of nitrogens with one attached hydrogen (secondary N) is 3. The van der Waals surface area contributed by atoms with Gasteiger partial charge in [0.25, 0.3) is 0 Å². The molecule has 2 amide bonds. The van der Waals surface area contributed by atoms with E-state index in [-0.39, 0.29) is 22.9 Å². The number of amides is 2. The van der Waals surface area contributed by atoms with E-state index in [1.54, 1.807) is 51.6 Å². The number of imidazole rings is 1. The Labute approximate surface area is 278 Å². The van der Waals surface area contributed by atoms with Crippen LogP contribution in [-0.4, -0.2) is 67.3 Å². The minimum absolute atomic E-state index is 0.198. The summed E-state index contributed by atoms with van der Waals surface area (Å²) in [5, 5.41) is 9.30. The fourth-order valence-corrected chi connectivity index (χ4v) is 6.60. The maximum absolute atomic E-state index is 13.9. The van der Waals surface area contributed by atoms with Crippen LogP contribution in [0.25, 0.3) is 22.2 Å². The Morgan fingerprint density at radius 1 is 1.06 bits per heavy atom. The molecule has 11 nitrogen and oxygen atoms in total. The van der Waals surface area contributed by atoms with Gasteiger partial charge in [-0.3, -0.25) is 14.4 Å². The summed E-state index contributed by atoms with van der Waals surface area (Å²) in [4.78, 5) is 44.1. The number of methoxy groups -OCH3 is 3. The average molecular weight is 660 g/mol. The molecule has 0 saturated heterocycles. The van der Waals surface area contributed by atoms with E-state index in [2.05, 4.69) is 20.9 Å². The van der Waals surface area contributed by atoms with E-state index in [1.165, 1.54) is 6.92 Å². The molecular formula is C35H41N5O6S. The Balaban J connectivity index is 1.49. The largest absolute Gasteiger partial charge is 0.493 e. The van der Waals surface area contributed by atoms with Crippen LogP contribution in [0.15, 0.2) is 59.7 Å². The zero-order valence-electron chi connectivity index (χ0n) is 27.3. The Hall–Kier alpha value is -4.71. The van der Waals surface area contributed by atoms with Crippen molar-refractivity contribution >= 4 is 40.3 Å². The van der Waals surface area contributed by atoms with Crippen molar-refractivity contribution in [3.8, 4) is 28.4 Å². The van der Waals surface area contributed by atoms with Crippen LogP contribution in [0.4, 0.5) is 5.69 Å². The number of fused-ring (bicyclic) bond motifs is 4. The van der Waals surface area contributed by atoms with E-state index in [4.69, 9.17) is 14.2 Å². The number of para-hydroxylation sites is 2. The molecule has 1 aromatic heterocycles. The van der Waals surface area contributed by atoms with Gasteiger partial charge in [0, 0.05) is 25.6 Å². The standard InChI is InChI=1S/C35H41N5O6S/c1-21(41)38-25-12-10-22-18-31(44-2)33(45-3)34(46-4)32(22)23-11-13-27(30(42)19-24(23)25)39-28(14-17-47-5)35(43)36-15-16-40-20-37-26-8-6-7-9-29(26)40/h6-9,11,13,18-20,25,28H,10,12,14-17H2,1-5H3,(H,36,43)(H,38,41)(H,39,42). The second kappa shape index (κ2) is 15.3. The van der Waals surface area contributed by atoms with Crippen molar-refractivity contribution in [1.29, 1.82) is 0 Å². The van der Waals surface area contributed by atoms with Gasteiger partial charge in [0.1, 0.15) is 6.04 Å². The molecule has 1 heterocycles. The van der Waals surface area contributed by atoms with Gasteiger partial charge in [-0.2, -0.15) is 11.8 Å². The number of carbonyl (C=O) groups is 2. The normalized spacial score (nSPS) is 14.3. The molecule has 2 unspecified atom stereocenters. The number of hydrogen-bond donors (Lipinski definition) is 3. The lowest BCUT2D eigenvalue weighted by atomic mass is 9.95. The minimum Gasteiger partial charge on any atom is -0.493 e. The Bertz CT molecular complexity index is 1830. The van der Waals surface area contributed by atoms with Crippen LogP contribution < -0.4 is 35.6 Å². The lowest BCUT2D eigenvalue weighted by Crippen LogP contribution is -2.42.